The third kappa shape index (κ3) is 2.07. The van der Waals surface area contributed by atoms with E-state index in [0.717, 1.165) is 11.5 Å². The van der Waals surface area contributed by atoms with Crippen LogP contribution in [-0.4, -0.2) is 24.2 Å². The molecule has 0 aliphatic heterocycles. The average Bonchev–Trinajstić information content (AvgIpc) is 2.16. The van der Waals surface area contributed by atoms with E-state index in [1.807, 2.05) is 14.0 Å². The molecule has 0 radical (unpaired) electrons. The first-order chi connectivity index (χ1) is 5.40. The second-order valence-electron chi connectivity index (χ2n) is 2.93. The molecule has 0 aromatic carbocycles. The molecule has 68 valence electrons. The van der Waals surface area contributed by atoms with Gasteiger partial charge in [-0.05, 0) is 6.92 Å². The van der Waals surface area contributed by atoms with E-state index in [0.29, 0.717) is 0 Å². The molecule has 1 aromatic heterocycles. The van der Waals surface area contributed by atoms with Gasteiger partial charge in [-0.1, -0.05) is 0 Å². The molecule has 0 N–H and O–H groups in total. The van der Waals surface area contributed by atoms with Crippen LogP contribution in [-0.2, 0) is 22.6 Å². The summed E-state index contributed by atoms with van der Waals surface area (Å²) in [5.41, 5.74) is 0.731. The van der Waals surface area contributed by atoms with E-state index >= 15 is 0 Å². The predicted molar refractivity (Wildman–Crippen MR) is 46.5 cm³/mol. The van der Waals surface area contributed by atoms with Crippen LogP contribution in [0.5, 0.6) is 0 Å². The van der Waals surface area contributed by atoms with Gasteiger partial charge in [0.2, 0.25) is 0 Å². The van der Waals surface area contributed by atoms with Gasteiger partial charge in [-0.15, -0.1) is 0 Å². The lowest BCUT2D eigenvalue weighted by Gasteiger charge is -2.00. The topological polar surface area (TPSA) is 52.0 Å². The van der Waals surface area contributed by atoms with Gasteiger partial charge in [-0.3, -0.25) is 0 Å². The number of sulfone groups is 1. The van der Waals surface area contributed by atoms with E-state index in [2.05, 4.69) is 4.98 Å². The van der Waals surface area contributed by atoms with Crippen molar-refractivity contribution in [1.82, 2.24) is 9.55 Å². The Labute approximate surface area is 72.2 Å². The molecule has 4 nitrogen and oxygen atoms in total. The van der Waals surface area contributed by atoms with E-state index < -0.39 is 9.84 Å². The zero-order valence-corrected chi connectivity index (χ0v) is 8.22. The van der Waals surface area contributed by atoms with E-state index in [1.54, 1.807) is 10.8 Å². The lowest BCUT2D eigenvalue weighted by Crippen LogP contribution is -2.05. The van der Waals surface area contributed by atoms with Crippen LogP contribution in [0.3, 0.4) is 0 Å². The number of hydrogen-bond donors (Lipinski definition) is 0. The van der Waals surface area contributed by atoms with Crippen LogP contribution in [0.25, 0.3) is 0 Å². The first-order valence-electron chi connectivity index (χ1n) is 3.55. The molecule has 0 fully saturated rings. The quantitative estimate of drug-likeness (QED) is 0.669. The van der Waals surface area contributed by atoms with Crippen molar-refractivity contribution >= 4 is 9.84 Å². The van der Waals surface area contributed by atoms with Gasteiger partial charge in [-0.2, -0.15) is 0 Å². The maximum absolute atomic E-state index is 10.9. The Bertz CT molecular complexity index is 378. The van der Waals surface area contributed by atoms with Gasteiger partial charge in [0, 0.05) is 19.5 Å². The second-order valence-corrected chi connectivity index (χ2v) is 5.07. The first-order valence-corrected chi connectivity index (χ1v) is 5.61. The molecule has 0 aliphatic carbocycles. The van der Waals surface area contributed by atoms with Crippen molar-refractivity contribution in [2.45, 2.75) is 12.7 Å². The molecule has 0 amide bonds. The normalized spacial score (nSPS) is 11.9. The molecule has 0 bridgehead atoms. The molecular weight excluding hydrogens is 176 g/mol. The smallest absolute Gasteiger partial charge is 0.153 e. The van der Waals surface area contributed by atoms with Crippen molar-refractivity contribution in [3.8, 4) is 0 Å². The Morgan fingerprint density at radius 2 is 2.17 bits per heavy atom. The van der Waals surface area contributed by atoms with Crippen molar-refractivity contribution in [3.05, 3.63) is 17.7 Å². The Morgan fingerprint density at radius 3 is 2.50 bits per heavy atom. The van der Waals surface area contributed by atoms with Gasteiger partial charge in [0.1, 0.15) is 5.82 Å². The summed E-state index contributed by atoms with van der Waals surface area (Å²) in [5.74, 6) is 0.887. The highest BCUT2D eigenvalue weighted by Gasteiger charge is 2.08. The summed E-state index contributed by atoms with van der Waals surface area (Å²) in [4.78, 5) is 4.00. The minimum atomic E-state index is -2.95. The van der Waals surface area contributed by atoms with E-state index in [1.165, 1.54) is 6.26 Å². The fourth-order valence-corrected chi connectivity index (χ4v) is 1.76. The van der Waals surface area contributed by atoms with E-state index in [-0.39, 0.29) is 5.75 Å². The molecule has 5 heteroatoms. The minimum absolute atomic E-state index is 0.0599. The van der Waals surface area contributed by atoms with Crippen LogP contribution in [0.4, 0.5) is 0 Å². The molecule has 0 atom stereocenters. The number of rotatable bonds is 2. The molecular formula is C7H12N2O2S. The van der Waals surface area contributed by atoms with Gasteiger partial charge < -0.3 is 4.57 Å². The van der Waals surface area contributed by atoms with Crippen molar-refractivity contribution in [1.29, 1.82) is 0 Å². The molecule has 0 saturated carbocycles. The van der Waals surface area contributed by atoms with Crippen LogP contribution < -0.4 is 0 Å². The van der Waals surface area contributed by atoms with Crippen molar-refractivity contribution in [2.75, 3.05) is 6.26 Å². The maximum Gasteiger partial charge on any atom is 0.153 e. The number of aryl methyl sites for hydroxylation is 1. The fraction of sp³-hybridized carbons (Fsp3) is 0.571. The fourth-order valence-electron chi connectivity index (χ4n) is 0.952. The highest BCUT2D eigenvalue weighted by Crippen LogP contribution is 2.05. The molecule has 1 rings (SSSR count). The number of aromatic nitrogens is 2. The van der Waals surface area contributed by atoms with Crippen LogP contribution in [0.1, 0.15) is 11.5 Å². The van der Waals surface area contributed by atoms with Crippen LogP contribution >= 0.6 is 0 Å². The second kappa shape index (κ2) is 2.90. The monoisotopic (exact) mass is 188 g/mol. The van der Waals surface area contributed by atoms with Gasteiger partial charge >= 0.3 is 0 Å². The molecule has 0 aliphatic rings. The summed E-state index contributed by atoms with van der Waals surface area (Å²) in [6.45, 7) is 1.84. The largest absolute Gasteiger partial charge is 0.334 e. The molecule has 0 saturated heterocycles. The van der Waals surface area contributed by atoms with E-state index in [4.69, 9.17) is 0 Å². The summed E-state index contributed by atoms with van der Waals surface area (Å²) in [7, 11) is -1.14. The van der Waals surface area contributed by atoms with Gasteiger partial charge in [0.05, 0.1) is 11.4 Å². The third-order valence-electron chi connectivity index (χ3n) is 1.73. The van der Waals surface area contributed by atoms with Gasteiger partial charge in [0.25, 0.3) is 0 Å². The van der Waals surface area contributed by atoms with Crippen molar-refractivity contribution in [3.63, 3.8) is 0 Å². The van der Waals surface area contributed by atoms with Crippen LogP contribution in [0.2, 0.25) is 0 Å². The summed E-state index contributed by atoms with van der Waals surface area (Å²) in [5, 5.41) is 0. The molecule has 1 aromatic rings. The highest BCUT2D eigenvalue weighted by molar-refractivity contribution is 7.89. The van der Waals surface area contributed by atoms with Crippen LogP contribution in [0.15, 0.2) is 6.20 Å². The molecule has 1 heterocycles. The van der Waals surface area contributed by atoms with Crippen molar-refractivity contribution in [2.24, 2.45) is 7.05 Å². The SMILES string of the molecule is Cc1ncc(CS(C)(=O)=O)n1C. The van der Waals surface area contributed by atoms with E-state index in [9.17, 15) is 8.42 Å². The Hall–Kier alpha value is -0.840. The lowest BCUT2D eigenvalue weighted by molar-refractivity contribution is 0.599. The van der Waals surface area contributed by atoms with Crippen molar-refractivity contribution < 1.29 is 8.42 Å². The number of nitrogens with zero attached hydrogens (tertiary/aromatic N) is 2. The number of hydrogen-bond acceptors (Lipinski definition) is 3. The summed E-state index contributed by atoms with van der Waals surface area (Å²) in [6, 6.07) is 0. The summed E-state index contributed by atoms with van der Waals surface area (Å²) < 4.78 is 23.6. The molecule has 12 heavy (non-hydrogen) atoms. The highest BCUT2D eigenvalue weighted by atomic mass is 32.2. The average molecular weight is 188 g/mol. The zero-order valence-electron chi connectivity index (χ0n) is 7.40. The lowest BCUT2D eigenvalue weighted by atomic mass is 10.5. The maximum atomic E-state index is 10.9. The Balaban J connectivity index is 2.99. The predicted octanol–water partition coefficient (Wildman–Crippen LogP) is 0.273. The van der Waals surface area contributed by atoms with Gasteiger partial charge in [-0.25, -0.2) is 13.4 Å². The third-order valence-corrected chi connectivity index (χ3v) is 2.55. The Kier molecular flexibility index (Phi) is 2.23. The van der Waals surface area contributed by atoms with Gasteiger partial charge in [0.15, 0.2) is 9.84 Å². The number of imidazole rings is 1. The Morgan fingerprint density at radius 1 is 1.58 bits per heavy atom. The molecule has 0 unspecified atom stereocenters. The molecule has 0 spiro atoms. The van der Waals surface area contributed by atoms with Crippen LogP contribution in [0, 0.1) is 6.92 Å². The summed E-state index contributed by atoms with van der Waals surface area (Å²) in [6.07, 6.45) is 2.81. The standard InChI is InChI=1S/C7H12N2O2S/c1-6-8-4-7(9(6)2)5-12(3,10)11/h4H,5H2,1-3H3. The summed E-state index contributed by atoms with van der Waals surface area (Å²) >= 11 is 0. The minimum Gasteiger partial charge on any atom is -0.334 e. The first kappa shape index (κ1) is 9.25. The zero-order chi connectivity index (χ0) is 9.35.